The SMILES string of the molecule is CC(c1ccc(C(F)(F)F)cc1)n1c(OCCN(C)C)nc(C(N)=O)cc1=O. The summed E-state index contributed by atoms with van der Waals surface area (Å²) in [4.78, 5) is 29.8. The second kappa shape index (κ2) is 8.42. The molecule has 2 aromatic rings. The first-order valence-corrected chi connectivity index (χ1v) is 8.38. The van der Waals surface area contributed by atoms with Crippen LogP contribution < -0.4 is 16.0 Å². The smallest absolute Gasteiger partial charge is 0.416 e. The zero-order chi connectivity index (χ0) is 21.1. The molecule has 1 amide bonds. The second-order valence-corrected chi connectivity index (χ2v) is 6.44. The highest BCUT2D eigenvalue weighted by atomic mass is 19.4. The van der Waals surface area contributed by atoms with Crippen molar-refractivity contribution < 1.29 is 22.7 Å². The average Bonchev–Trinajstić information content (AvgIpc) is 2.60. The van der Waals surface area contributed by atoms with Crippen LogP contribution in [-0.4, -0.2) is 47.6 Å². The molecular weight excluding hydrogens is 377 g/mol. The van der Waals surface area contributed by atoms with Crippen molar-refractivity contribution in [3.8, 4) is 6.01 Å². The number of halogens is 3. The van der Waals surface area contributed by atoms with Gasteiger partial charge in [0.2, 0.25) is 0 Å². The lowest BCUT2D eigenvalue weighted by Crippen LogP contribution is -2.30. The third kappa shape index (κ3) is 5.10. The third-order valence-corrected chi connectivity index (χ3v) is 4.05. The van der Waals surface area contributed by atoms with Gasteiger partial charge in [0, 0.05) is 12.6 Å². The summed E-state index contributed by atoms with van der Waals surface area (Å²) >= 11 is 0. The lowest BCUT2D eigenvalue weighted by Gasteiger charge is -2.20. The molecule has 10 heteroatoms. The van der Waals surface area contributed by atoms with E-state index in [1.165, 1.54) is 16.7 Å². The molecule has 2 rings (SSSR count). The Hall–Kier alpha value is -2.88. The van der Waals surface area contributed by atoms with E-state index in [2.05, 4.69) is 4.98 Å². The highest BCUT2D eigenvalue weighted by Crippen LogP contribution is 2.30. The van der Waals surface area contributed by atoms with Gasteiger partial charge in [-0.3, -0.25) is 14.2 Å². The third-order valence-electron chi connectivity index (χ3n) is 4.05. The molecule has 1 unspecified atom stereocenters. The number of alkyl halides is 3. The van der Waals surface area contributed by atoms with Crippen LogP contribution in [0.1, 0.15) is 34.6 Å². The Balaban J connectivity index is 2.43. The highest BCUT2D eigenvalue weighted by molar-refractivity contribution is 5.90. The summed E-state index contributed by atoms with van der Waals surface area (Å²) < 4.78 is 45.0. The number of nitrogens with two attached hydrogens (primary N) is 1. The van der Waals surface area contributed by atoms with Crippen LogP contribution in [0.4, 0.5) is 13.2 Å². The molecule has 0 aliphatic heterocycles. The maximum absolute atomic E-state index is 12.8. The summed E-state index contributed by atoms with van der Waals surface area (Å²) in [5, 5.41) is 0. The molecule has 0 saturated heterocycles. The maximum atomic E-state index is 12.8. The standard InChI is InChI=1S/C18H21F3N4O3/c1-11(12-4-6-13(7-5-12)18(19,20)21)25-15(26)10-14(16(22)27)23-17(25)28-9-8-24(2)3/h4-7,10-11H,8-9H2,1-3H3,(H2,22,27). The van der Waals surface area contributed by atoms with Crippen molar-refractivity contribution in [2.45, 2.75) is 19.1 Å². The first kappa shape index (κ1) is 21.4. The number of rotatable bonds is 7. The van der Waals surface area contributed by atoms with Crippen LogP contribution in [0.3, 0.4) is 0 Å². The molecule has 152 valence electrons. The summed E-state index contributed by atoms with van der Waals surface area (Å²) in [6, 6.07) is 4.61. The minimum atomic E-state index is -4.45. The predicted molar refractivity (Wildman–Crippen MR) is 96.3 cm³/mol. The molecule has 0 radical (unpaired) electrons. The maximum Gasteiger partial charge on any atom is 0.416 e. The molecule has 0 saturated carbocycles. The number of nitrogens with zero attached hydrogens (tertiary/aromatic N) is 3. The van der Waals surface area contributed by atoms with Crippen molar-refractivity contribution in [2.75, 3.05) is 27.2 Å². The van der Waals surface area contributed by atoms with E-state index in [0.717, 1.165) is 18.2 Å². The molecule has 7 nitrogen and oxygen atoms in total. The number of primary amides is 1. The summed E-state index contributed by atoms with van der Waals surface area (Å²) in [5.41, 5.74) is 4.01. The van der Waals surface area contributed by atoms with E-state index in [-0.39, 0.29) is 18.3 Å². The van der Waals surface area contributed by atoms with Crippen molar-refractivity contribution >= 4 is 5.91 Å². The molecule has 1 aromatic heterocycles. The van der Waals surface area contributed by atoms with Crippen molar-refractivity contribution in [3.05, 3.63) is 57.5 Å². The van der Waals surface area contributed by atoms with Crippen LogP contribution in [-0.2, 0) is 6.18 Å². The lowest BCUT2D eigenvalue weighted by molar-refractivity contribution is -0.137. The van der Waals surface area contributed by atoms with E-state index in [1.54, 1.807) is 6.92 Å². The Labute approximate surface area is 159 Å². The number of hydrogen-bond acceptors (Lipinski definition) is 5. The van der Waals surface area contributed by atoms with Gasteiger partial charge in [-0.25, -0.2) is 0 Å². The van der Waals surface area contributed by atoms with Gasteiger partial charge >= 0.3 is 12.2 Å². The van der Waals surface area contributed by atoms with Gasteiger partial charge in [-0.2, -0.15) is 18.2 Å². The molecule has 28 heavy (non-hydrogen) atoms. The van der Waals surface area contributed by atoms with Crippen molar-refractivity contribution in [1.29, 1.82) is 0 Å². The second-order valence-electron chi connectivity index (χ2n) is 6.44. The number of aromatic nitrogens is 2. The van der Waals surface area contributed by atoms with E-state index in [9.17, 15) is 22.8 Å². The molecule has 0 aliphatic carbocycles. The molecule has 0 bridgehead atoms. The monoisotopic (exact) mass is 398 g/mol. The van der Waals surface area contributed by atoms with Crippen molar-refractivity contribution in [3.63, 3.8) is 0 Å². The van der Waals surface area contributed by atoms with Gasteiger partial charge in [-0.1, -0.05) is 12.1 Å². The quantitative estimate of drug-likeness (QED) is 0.770. The van der Waals surface area contributed by atoms with Gasteiger partial charge in [-0.15, -0.1) is 0 Å². The topological polar surface area (TPSA) is 90.4 Å². The Kier molecular flexibility index (Phi) is 6.45. The minimum absolute atomic E-state index is 0.129. The molecule has 0 aliphatic rings. The van der Waals surface area contributed by atoms with Crippen LogP contribution in [0.2, 0.25) is 0 Å². The Morgan fingerprint density at radius 2 is 1.89 bits per heavy atom. The summed E-state index contributed by atoms with van der Waals surface area (Å²) in [5.74, 6) is -0.885. The number of amides is 1. The summed E-state index contributed by atoms with van der Waals surface area (Å²) in [7, 11) is 3.66. The van der Waals surface area contributed by atoms with E-state index in [0.29, 0.717) is 12.1 Å². The number of likely N-dealkylation sites (N-methyl/N-ethyl adjacent to an activating group) is 1. The van der Waals surface area contributed by atoms with Gasteiger partial charge in [0.05, 0.1) is 11.6 Å². The zero-order valence-electron chi connectivity index (χ0n) is 15.7. The number of ether oxygens (including phenoxy) is 1. The summed E-state index contributed by atoms with van der Waals surface area (Å²) in [6.07, 6.45) is -4.45. The average molecular weight is 398 g/mol. The van der Waals surface area contributed by atoms with Gasteiger partial charge in [-0.05, 0) is 38.7 Å². The van der Waals surface area contributed by atoms with Crippen molar-refractivity contribution in [1.82, 2.24) is 14.5 Å². The van der Waals surface area contributed by atoms with Crippen LogP contribution in [0.15, 0.2) is 35.1 Å². The number of carbonyl (C=O) groups excluding carboxylic acids is 1. The zero-order valence-corrected chi connectivity index (χ0v) is 15.7. The van der Waals surface area contributed by atoms with Gasteiger partial charge in [0.15, 0.2) is 0 Å². The Morgan fingerprint density at radius 1 is 1.29 bits per heavy atom. The summed E-state index contributed by atoms with van der Waals surface area (Å²) in [6.45, 7) is 2.32. The van der Waals surface area contributed by atoms with Gasteiger partial charge in [0.25, 0.3) is 11.5 Å². The van der Waals surface area contributed by atoms with Gasteiger partial charge < -0.3 is 15.4 Å². The van der Waals surface area contributed by atoms with E-state index in [1.807, 2.05) is 19.0 Å². The highest BCUT2D eigenvalue weighted by Gasteiger charge is 2.30. The van der Waals surface area contributed by atoms with Crippen LogP contribution >= 0.6 is 0 Å². The molecule has 2 N–H and O–H groups in total. The van der Waals surface area contributed by atoms with E-state index >= 15 is 0 Å². The lowest BCUT2D eigenvalue weighted by atomic mass is 10.1. The van der Waals surface area contributed by atoms with Gasteiger partial charge in [0.1, 0.15) is 12.3 Å². The van der Waals surface area contributed by atoms with Crippen LogP contribution in [0.25, 0.3) is 0 Å². The largest absolute Gasteiger partial charge is 0.463 e. The fourth-order valence-corrected chi connectivity index (χ4v) is 2.47. The molecule has 1 aromatic carbocycles. The first-order valence-electron chi connectivity index (χ1n) is 8.38. The molecule has 1 heterocycles. The fraction of sp³-hybridized carbons (Fsp3) is 0.389. The molecular formula is C18H21F3N4O3. The van der Waals surface area contributed by atoms with Crippen LogP contribution in [0, 0.1) is 0 Å². The Bertz CT molecular complexity index is 892. The fourth-order valence-electron chi connectivity index (χ4n) is 2.47. The molecule has 0 spiro atoms. The van der Waals surface area contributed by atoms with Crippen LogP contribution in [0.5, 0.6) is 6.01 Å². The molecule has 0 fully saturated rings. The number of benzene rings is 1. The normalized spacial score (nSPS) is 12.8. The Morgan fingerprint density at radius 3 is 2.39 bits per heavy atom. The predicted octanol–water partition coefficient (Wildman–Crippen LogP) is 1.91. The van der Waals surface area contributed by atoms with E-state index < -0.39 is 29.2 Å². The number of carbonyl (C=O) groups is 1. The number of hydrogen-bond donors (Lipinski definition) is 1. The molecule has 1 atom stereocenters. The minimum Gasteiger partial charge on any atom is -0.463 e. The van der Waals surface area contributed by atoms with Crippen molar-refractivity contribution in [2.24, 2.45) is 5.73 Å². The first-order chi connectivity index (χ1) is 13.0. The van der Waals surface area contributed by atoms with E-state index in [4.69, 9.17) is 10.5 Å².